The number of hydrogen-bond donors (Lipinski definition) is 2. The smallest absolute Gasteiger partial charge is 0.170 e. The lowest BCUT2D eigenvalue weighted by atomic mass is 10.1. The molecule has 1 atom stereocenters. The van der Waals surface area contributed by atoms with Crippen molar-refractivity contribution in [3.8, 4) is 0 Å². The molecule has 26 heavy (non-hydrogen) atoms. The number of thiocarbonyl (C=S) groups is 1. The lowest BCUT2D eigenvalue weighted by Crippen LogP contribution is -2.48. The van der Waals surface area contributed by atoms with Crippen molar-refractivity contribution in [3.63, 3.8) is 0 Å². The van der Waals surface area contributed by atoms with Crippen molar-refractivity contribution < 1.29 is 0 Å². The molecule has 1 aromatic carbocycles. The van der Waals surface area contributed by atoms with Gasteiger partial charge in [0.15, 0.2) is 5.11 Å². The van der Waals surface area contributed by atoms with E-state index in [0.29, 0.717) is 11.2 Å². The van der Waals surface area contributed by atoms with Crippen molar-refractivity contribution in [3.05, 3.63) is 51.2 Å². The summed E-state index contributed by atoms with van der Waals surface area (Å²) in [5.74, 6) is 0. The molecule has 1 aliphatic rings. The fraction of sp³-hybridized carbons (Fsp3) is 0.421. The first-order chi connectivity index (χ1) is 12.5. The molecule has 1 aliphatic heterocycles. The van der Waals surface area contributed by atoms with Crippen LogP contribution in [0.4, 0.5) is 5.69 Å². The van der Waals surface area contributed by atoms with E-state index in [2.05, 4.69) is 45.0 Å². The maximum absolute atomic E-state index is 6.19. The van der Waals surface area contributed by atoms with E-state index in [9.17, 15) is 0 Å². The SMILES string of the molecule is Cc1ccc(NC(=S)NC[C@H](c2cccs2)N2CCN(C)CC2)cc1Cl. The second kappa shape index (κ2) is 9.15. The molecule has 2 N–H and O–H groups in total. The van der Waals surface area contributed by atoms with Gasteiger partial charge in [0.1, 0.15) is 0 Å². The van der Waals surface area contributed by atoms with Gasteiger partial charge in [0.2, 0.25) is 0 Å². The van der Waals surface area contributed by atoms with Gasteiger partial charge in [0.25, 0.3) is 0 Å². The summed E-state index contributed by atoms with van der Waals surface area (Å²) >= 11 is 13.5. The van der Waals surface area contributed by atoms with Gasteiger partial charge in [-0.15, -0.1) is 11.3 Å². The molecule has 4 nitrogen and oxygen atoms in total. The highest BCUT2D eigenvalue weighted by Gasteiger charge is 2.24. The van der Waals surface area contributed by atoms with Crippen LogP contribution in [0.25, 0.3) is 0 Å². The summed E-state index contributed by atoms with van der Waals surface area (Å²) in [4.78, 5) is 6.30. The lowest BCUT2D eigenvalue weighted by Gasteiger charge is -2.37. The van der Waals surface area contributed by atoms with Crippen LogP contribution in [0.5, 0.6) is 0 Å². The van der Waals surface area contributed by atoms with Crippen molar-refractivity contribution in [2.24, 2.45) is 0 Å². The maximum Gasteiger partial charge on any atom is 0.170 e. The van der Waals surface area contributed by atoms with Crippen LogP contribution in [-0.2, 0) is 0 Å². The third kappa shape index (κ3) is 5.18. The van der Waals surface area contributed by atoms with E-state index in [0.717, 1.165) is 49.0 Å². The number of likely N-dealkylation sites (N-methyl/N-ethyl adjacent to an activating group) is 1. The first-order valence-electron chi connectivity index (χ1n) is 8.80. The first kappa shape index (κ1) is 19.6. The predicted octanol–water partition coefficient (Wildman–Crippen LogP) is 3.99. The van der Waals surface area contributed by atoms with Crippen LogP contribution < -0.4 is 10.6 Å². The first-order valence-corrected chi connectivity index (χ1v) is 10.5. The van der Waals surface area contributed by atoms with Gasteiger partial charge in [-0.25, -0.2) is 0 Å². The van der Waals surface area contributed by atoms with Gasteiger partial charge in [0.05, 0.1) is 6.04 Å². The number of anilines is 1. The van der Waals surface area contributed by atoms with Gasteiger partial charge in [-0.3, -0.25) is 4.90 Å². The average Bonchev–Trinajstić information content (AvgIpc) is 3.14. The van der Waals surface area contributed by atoms with Crippen LogP contribution in [0.3, 0.4) is 0 Å². The molecule has 0 saturated carbocycles. The molecule has 140 valence electrons. The molecule has 0 radical (unpaired) electrons. The van der Waals surface area contributed by atoms with Gasteiger partial charge in [-0.05, 0) is 55.3 Å². The van der Waals surface area contributed by atoms with E-state index in [1.807, 2.05) is 36.5 Å². The number of halogens is 1. The molecule has 7 heteroatoms. The van der Waals surface area contributed by atoms with Crippen LogP contribution in [0.2, 0.25) is 5.02 Å². The third-order valence-corrected chi connectivity index (χ3v) is 6.36. The largest absolute Gasteiger partial charge is 0.360 e. The minimum atomic E-state index is 0.338. The van der Waals surface area contributed by atoms with E-state index in [1.54, 1.807) is 0 Å². The molecule has 1 fully saturated rings. The Morgan fingerprint density at radius 1 is 1.27 bits per heavy atom. The van der Waals surface area contributed by atoms with Gasteiger partial charge in [0, 0.05) is 48.3 Å². The number of hydrogen-bond acceptors (Lipinski definition) is 4. The summed E-state index contributed by atoms with van der Waals surface area (Å²) in [7, 11) is 2.18. The fourth-order valence-corrected chi connectivity index (χ4v) is 4.30. The highest BCUT2D eigenvalue weighted by atomic mass is 35.5. The summed E-state index contributed by atoms with van der Waals surface area (Å²) in [6.45, 7) is 7.14. The average molecular weight is 409 g/mol. The fourth-order valence-electron chi connectivity index (χ4n) is 3.06. The molecule has 2 heterocycles. The molecule has 0 bridgehead atoms. The number of piperazine rings is 1. The number of rotatable bonds is 5. The quantitative estimate of drug-likeness (QED) is 0.730. The molecular weight excluding hydrogens is 384 g/mol. The van der Waals surface area contributed by atoms with Crippen LogP contribution in [0.15, 0.2) is 35.7 Å². The monoisotopic (exact) mass is 408 g/mol. The number of aryl methyl sites for hydroxylation is 1. The zero-order valence-electron chi connectivity index (χ0n) is 15.2. The second-order valence-electron chi connectivity index (χ2n) is 6.67. The van der Waals surface area contributed by atoms with Crippen molar-refractivity contribution >= 4 is 46.0 Å². The standard InChI is InChI=1S/C19H25ClN4S2/c1-14-5-6-15(12-16(14)20)22-19(25)21-13-17(18-4-3-11-26-18)24-9-7-23(2)8-10-24/h3-6,11-12,17H,7-10,13H2,1-2H3,(H2,21,22,25)/t17-/m1/s1. The summed E-state index contributed by atoms with van der Waals surface area (Å²) in [6, 6.07) is 10.6. The van der Waals surface area contributed by atoms with Crippen molar-refractivity contribution in [2.75, 3.05) is 45.1 Å². The van der Waals surface area contributed by atoms with Crippen molar-refractivity contribution in [1.82, 2.24) is 15.1 Å². The summed E-state index contributed by atoms with van der Waals surface area (Å²) < 4.78 is 0. The van der Waals surface area contributed by atoms with E-state index in [1.165, 1.54) is 4.88 Å². The predicted molar refractivity (Wildman–Crippen MR) is 117 cm³/mol. The Balaban J connectivity index is 1.60. The number of thiophene rings is 1. The highest BCUT2D eigenvalue weighted by molar-refractivity contribution is 7.80. The zero-order chi connectivity index (χ0) is 18.5. The minimum absolute atomic E-state index is 0.338. The molecule has 0 aliphatic carbocycles. The van der Waals surface area contributed by atoms with Crippen LogP contribution >= 0.6 is 35.2 Å². The van der Waals surface area contributed by atoms with E-state index in [4.69, 9.17) is 23.8 Å². The molecule has 0 unspecified atom stereocenters. The van der Waals surface area contributed by atoms with Crippen LogP contribution in [0, 0.1) is 6.92 Å². The normalized spacial score (nSPS) is 17.0. The lowest BCUT2D eigenvalue weighted by molar-refractivity contribution is 0.114. The van der Waals surface area contributed by atoms with Gasteiger partial charge < -0.3 is 15.5 Å². The van der Waals surface area contributed by atoms with Crippen LogP contribution in [-0.4, -0.2) is 54.7 Å². The van der Waals surface area contributed by atoms with E-state index < -0.39 is 0 Å². The third-order valence-electron chi connectivity index (χ3n) is 4.74. The summed E-state index contributed by atoms with van der Waals surface area (Å²) in [6.07, 6.45) is 0. The molecule has 0 spiro atoms. The zero-order valence-corrected chi connectivity index (χ0v) is 17.6. The Kier molecular flexibility index (Phi) is 6.89. The van der Waals surface area contributed by atoms with Crippen molar-refractivity contribution in [2.45, 2.75) is 13.0 Å². The van der Waals surface area contributed by atoms with Gasteiger partial charge in [-0.2, -0.15) is 0 Å². The van der Waals surface area contributed by atoms with Gasteiger partial charge >= 0.3 is 0 Å². The Hall–Kier alpha value is -1.18. The molecule has 3 rings (SSSR count). The molecule has 1 saturated heterocycles. The summed E-state index contributed by atoms with van der Waals surface area (Å²) in [5, 5.41) is 10.1. The Morgan fingerprint density at radius 3 is 2.69 bits per heavy atom. The van der Waals surface area contributed by atoms with Gasteiger partial charge in [-0.1, -0.05) is 23.7 Å². The van der Waals surface area contributed by atoms with E-state index in [-0.39, 0.29) is 0 Å². The minimum Gasteiger partial charge on any atom is -0.360 e. The number of nitrogens with zero attached hydrogens (tertiary/aromatic N) is 2. The number of benzene rings is 1. The number of nitrogens with one attached hydrogen (secondary N) is 2. The molecule has 2 aromatic rings. The second-order valence-corrected chi connectivity index (χ2v) is 8.46. The van der Waals surface area contributed by atoms with E-state index >= 15 is 0 Å². The molecule has 1 aromatic heterocycles. The van der Waals surface area contributed by atoms with Crippen molar-refractivity contribution in [1.29, 1.82) is 0 Å². The Labute approximate surface area is 170 Å². The Bertz CT molecular complexity index is 727. The maximum atomic E-state index is 6.19. The topological polar surface area (TPSA) is 30.5 Å². The van der Waals surface area contributed by atoms with Crippen LogP contribution in [0.1, 0.15) is 16.5 Å². The molecule has 0 amide bonds. The Morgan fingerprint density at radius 2 is 2.04 bits per heavy atom. The highest BCUT2D eigenvalue weighted by Crippen LogP contribution is 2.26. The summed E-state index contributed by atoms with van der Waals surface area (Å²) in [5.41, 5.74) is 1.97. The molecular formula is C19H25ClN4S2.